The number of ketones is 1. The van der Waals surface area contributed by atoms with Gasteiger partial charge >= 0.3 is 5.97 Å². The number of methoxy groups -OCH3 is 1. The maximum atomic E-state index is 12.6. The molecule has 3 aromatic carbocycles. The minimum atomic E-state index is -0.416. The molecule has 3 aromatic rings. The number of hydrogen-bond acceptors (Lipinski definition) is 5. The van der Waals surface area contributed by atoms with Crippen LogP contribution in [0.4, 0.5) is 0 Å². The molecule has 0 spiro atoms. The average Bonchev–Trinajstić information content (AvgIpc) is 3.08. The van der Waals surface area contributed by atoms with Crippen LogP contribution in [0.1, 0.15) is 31.8 Å². The fourth-order valence-corrected chi connectivity index (χ4v) is 3.11. The molecule has 5 nitrogen and oxygen atoms in total. The molecule has 0 radical (unpaired) electrons. The fourth-order valence-electron chi connectivity index (χ4n) is 2.99. The van der Waals surface area contributed by atoms with Gasteiger partial charge in [-0.3, -0.25) is 4.79 Å². The van der Waals surface area contributed by atoms with Crippen LogP contribution < -0.4 is 9.47 Å². The molecule has 30 heavy (non-hydrogen) atoms. The third kappa shape index (κ3) is 4.21. The summed E-state index contributed by atoms with van der Waals surface area (Å²) in [6.07, 6.45) is 1.64. The Hall–Kier alpha value is -3.57. The van der Waals surface area contributed by atoms with E-state index in [-0.39, 0.29) is 11.5 Å². The van der Waals surface area contributed by atoms with E-state index < -0.39 is 5.97 Å². The van der Waals surface area contributed by atoms with Gasteiger partial charge in [0, 0.05) is 11.1 Å². The number of carbonyl (C=O) groups is 2. The van der Waals surface area contributed by atoms with Gasteiger partial charge in [-0.15, -0.1) is 0 Å². The second-order valence-corrected chi connectivity index (χ2v) is 7.06. The van der Waals surface area contributed by atoms with Crippen molar-refractivity contribution < 1.29 is 23.8 Å². The van der Waals surface area contributed by atoms with Gasteiger partial charge in [0.15, 0.2) is 5.76 Å². The third-order valence-electron chi connectivity index (χ3n) is 4.59. The Bertz CT molecular complexity index is 1130. The first-order chi connectivity index (χ1) is 14.5. The molecule has 0 fully saturated rings. The first kappa shape index (κ1) is 19.7. The second kappa shape index (κ2) is 8.43. The molecule has 0 saturated carbocycles. The summed E-state index contributed by atoms with van der Waals surface area (Å²) in [5.41, 5.74) is 2.63. The van der Waals surface area contributed by atoms with E-state index in [9.17, 15) is 9.59 Å². The van der Waals surface area contributed by atoms with Gasteiger partial charge in [-0.05, 0) is 53.6 Å². The molecule has 150 valence electrons. The molecule has 6 heteroatoms. The zero-order chi connectivity index (χ0) is 21.1. The summed E-state index contributed by atoms with van der Waals surface area (Å²) in [6, 6.07) is 19.2. The number of allylic oxidation sites excluding steroid dienone is 1. The van der Waals surface area contributed by atoms with Gasteiger partial charge in [0.2, 0.25) is 5.78 Å². The van der Waals surface area contributed by atoms with Crippen LogP contribution in [0.25, 0.3) is 6.08 Å². The number of rotatable bonds is 5. The van der Waals surface area contributed by atoms with Gasteiger partial charge in [-0.1, -0.05) is 35.9 Å². The summed E-state index contributed by atoms with van der Waals surface area (Å²) in [5, 5.41) is 0.669. The molecule has 0 bridgehead atoms. The minimum absolute atomic E-state index is 0.203. The summed E-state index contributed by atoms with van der Waals surface area (Å²) in [4.78, 5) is 24.2. The van der Waals surface area contributed by atoms with Crippen LogP contribution in [0, 0.1) is 0 Å². The molecule has 1 aliphatic heterocycles. The predicted molar refractivity (Wildman–Crippen MR) is 113 cm³/mol. The summed E-state index contributed by atoms with van der Waals surface area (Å²) in [7, 11) is 1.33. The quantitative estimate of drug-likeness (QED) is 0.413. The van der Waals surface area contributed by atoms with Crippen molar-refractivity contribution in [2.45, 2.75) is 6.61 Å². The van der Waals surface area contributed by atoms with Crippen LogP contribution in [0.3, 0.4) is 0 Å². The monoisotopic (exact) mass is 420 g/mol. The van der Waals surface area contributed by atoms with Crippen molar-refractivity contribution in [1.29, 1.82) is 0 Å². The number of carbonyl (C=O) groups excluding carboxylic acids is 2. The molecule has 1 aliphatic rings. The number of hydrogen-bond donors (Lipinski definition) is 0. The molecular formula is C24H17ClO5. The van der Waals surface area contributed by atoms with Crippen LogP contribution in [0.5, 0.6) is 11.5 Å². The Labute approximate surface area is 178 Å². The van der Waals surface area contributed by atoms with Gasteiger partial charge in [-0.25, -0.2) is 4.79 Å². The number of halogens is 1. The predicted octanol–water partition coefficient (Wildman–Crippen LogP) is 5.32. The number of ether oxygens (including phenoxy) is 3. The maximum Gasteiger partial charge on any atom is 0.337 e. The smallest absolute Gasteiger partial charge is 0.337 e. The van der Waals surface area contributed by atoms with Gasteiger partial charge in [0.05, 0.1) is 18.2 Å². The topological polar surface area (TPSA) is 61.8 Å². The molecular weight excluding hydrogens is 404 g/mol. The number of benzene rings is 3. The van der Waals surface area contributed by atoms with E-state index >= 15 is 0 Å². The van der Waals surface area contributed by atoms with Crippen molar-refractivity contribution in [2.75, 3.05) is 7.11 Å². The molecule has 0 aliphatic carbocycles. The van der Waals surface area contributed by atoms with Crippen molar-refractivity contribution in [1.82, 2.24) is 0 Å². The van der Waals surface area contributed by atoms with Crippen molar-refractivity contribution in [3.8, 4) is 11.5 Å². The molecule has 0 aromatic heterocycles. The van der Waals surface area contributed by atoms with Gasteiger partial charge in [0.1, 0.15) is 18.1 Å². The van der Waals surface area contributed by atoms with E-state index in [1.807, 2.05) is 12.1 Å². The lowest BCUT2D eigenvalue weighted by molar-refractivity contribution is 0.0600. The summed E-state index contributed by atoms with van der Waals surface area (Å²) in [5.74, 6) is 0.643. The summed E-state index contributed by atoms with van der Waals surface area (Å²) >= 11 is 5.89. The van der Waals surface area contributed by atoms with Crippen molar-refractivity contribution >= 4 is 29.4 Å². The molecule has 0 atom stereocenters. The molecule has 0 unspecified atom stereocenters. The van der Waals surface area contributed by atoms with E-state index in [0.717, 1.165) is 11.1 Å². The number of esters is 1. The van der Waals surface area contributed by atoms with E-state index in [2.05, 4.69) is 4.74 Å². The molecule has 0 saturated heterocycles. The largest absolute Gasteiger partial charge is 0.489 e. The molecule has 0 N–H and O–H groups in total. The highest BCUT2D eigenvalue weighted by atomic mass is 35.5. The first-order valence-electron chi connectivity index (χ1n) is 9.17. The standard InChI is InChI=1S/C24H17ClO5/c1-28-24(27)17-6-2-15(3-7-17)12-22-23(26)20-11-10-19(13-21(20)30-22)29-14-16-4-8-18(25)9-5-16/h2-13H,14H2,1H3. The lowest BCUT2D eigenvalue weighted by atomic mass is 10.1. The number of Topliss-reactive ketones (excluding diaryl/α,β-unsaturated/α-hetero) is 1. The lowest BCUT2D eigenvalue weighted by Gasteiger charge is -2.07. The van der Waals surface area contributed by atoms with Crippen LogP contribution >= 0.6 is 11.6 Å². The van der Waals surface area contributed by atoms with Crippen molar-refractivity contribution in [2.24, 2.45) is 0 Å². The third-order valence-corrected chi connectivity index (χ3v) is 4.84. The van der Waals surface area contributed by atoms with Gasteiger partial charge in [-0.2, -0.15) is 0 Å². The fraction of sp³-hybridized carbons (Fsp3) is 0.0833. The molecule has 1 heterocycles. The summed E-state index contributed by atoms with van der Waals surface area (Å²) in [6.45, 7) is 0.374. The average molecular weight is 421 g/mol. The zero-order valence-electron chi connectivity index (χ0n) is 16.1. The van der Waals surface area contributed by atoms with E-state index in [4.69, 9.17) is 21.1 Å². The Kier molecular flexibility index (Phi) is 5.55. The Morgan fingerprint density at radius 3 is 2.47 bits per heavy atom. The van der Waals surface area contributed by atoms with Gasteiger partial charge < -0.3 is 14.2 Å². The highest BCUT2D eigenvalue weighted by Gasteiger charge is 2.27. The molecule has 0 amide bonds. The van der Waals surface area contributed by atoms with Crippen LogP contribution in [-0.4, -0.2) is 18.9 Å². The van der Waals surface area contributed by atoms with E-state index in [1.54, 1.807) is 60.7 Å². The highest BCUT2D eigenvalue weighted by molar-refractivity contribution is 6.30. The lowest BCUT2D eigenvalue weighted by Crippen LogP contribution is -2.01. The first-order valence-corrected chi connectivity index (χ1v) is 9.55. The van der Waals surface area contributed by atoms with Crippen molar-refractivity contribution in [3.05, 3.63) is 99.8 Å². The Balaban J connectivity index is 1.47. The zero-order valence-corrected chi connectivity index (χ0v) is 16.8. The van der Waals surface area contributed by atoms with Crippen LogP contribution in [-0.2, 0) is 11.3 Å². The van der Waals surface area contributed by atoms with Gasteiger partial charge in [0.25, 0.3) is 0 Å². The SMILES string of the molecule is COC(=O)c1ccc(C=C2Oc3cc(OCc4ccc(Cl)cc4)ccc3C2=O)cc1. The van der Waals surface area contributed by atoms with Crippen LogP contribution in [0.15, 0.2) is 72.5 Å². The maximum absolute atomic E-state index is 12.6. The van der Waals surface area contributed by atoms with E-state index in [1.165, 1.54) is 7.11 Å². The Morgan fingerprint density at radius 2 is 1.77 bits per heavy atom. The summed E-state index contributed by atoms with van der Waals surface area (Å²) < 4.78 is 16.2. The number of fused-ring (bicyclic) bond motifs is 1. The van der Waals surface area contributed by atoms with Crippen LogP contribution in [0.2, 0.25) is 5.02 Å². The van der Waals surface area contributed by atoms with E-state index in [0.29, 0.717) is 34.3 Å². The Morgan fingerprint density at radius 1 is 1.03 bits per heavy atom. The minimum Gasteiger partial charge on any atom is -0.489 e. The second-order valence-electron chi connectivity index (χ2n) is 6.63. The van der Waals surface area contributed by atoms with Crippen molar-refractivity contribution in [3.63, 3.8) is 0 Å². The molecule has 4 rings (SSSR count). The normalized spacial score (nSPS) is 13.7. The highest BCUT2D eigenvalue weighted by Crippen LogP contribution is 2.35.